The van der Waals surface area contributed by atoms with E-state index < -0.39 is 17.7 Å². The molecule has 0 aliphatic carbocycles. The van der Waals surface area contributed by atoms with Crippen LogP contribution in [0.5, 0.6) is 11.5 Å². The first-order chi connectivity index (χ1) is 17.4. The lowest BCUT2D eigenvalue weighted by atomic mass is 9.95. The molecule has 5 rings (SSSR count). The van der Waals surface area contributed by atoms with Crippen molar-refractivity contribution < 1.29 is 24.2 Å². The Bertz CT molecular complexity index is 1510. The molecular formula is C27H21BrN2O5S. The van der Waals surface area contributed by atoms with Crippen molar-refractivity contribution in [1.82, 2.24) is 4.98 Å². The number of thiazole rings is 1. The van der Waals surface area contributed by atoms with Crippen molar-refractivity contribution in [2.24, 2.45) is 0 Å². The number of aromatic nitrogens is 1. The Kier molecular flexibility index (Phi) is 6.51. The summed E-state index contributed by atoms with van der Waals surface area (Å²) in [4.78, 5) is 32.8. The number of fused-ring (bicyclic) bond motifs is 1. The third-order valence-corrected chi connectivity index (χ3v) is 7.35. The van der Waals surface area contributed by atoms with Crippen LogP contribution in [0.1, 0.15) is 24.1 Å². The molecule has 1 aliphatic rings. The molecule has 1 saturated heterocycles. The van der Waals surface area contributed by atoms with Crippen molar-refractivity contribution in [2.75, 3.05) is 18.6 Å². The largest absolute Gasteiger partial charge is 0.507 e. The van der Waals surface area contributed by atoms with Gasteiger partial charge in [0.2, 0.25) is 0 Å². The minimum Gasteiger partial charge on any atom is -0.507 e. The van der Waals surface area contributed by atoms with Gasteiger partial charge in [-0.1, -0.05) is 39.4 Å². The second kappa shape index (κ2) is 9.75. The van der Waals surface area contributed by atoms with Gasteiger partial charge in [0.15, 0.2) is 5.13 Å². The lowest BCUT2D eigenvalue weighted by Gasteiger charge is -2.23. The SMILES string of the molecule is CCOc1ccc(/C(O)=C2\C(=O)C(=O)N(c3nc4ccc(OC)cc4s3)[C@H]2c2cccc(Br)c2)cc1. The van der Waals surface area contributed by atoms with E-state index in [0.29, 0.717) is 39.9 Å². The molecule has 36 heavy (non-hydrogen) atoms. The molecule has 9 heteroatoms. The predicted octanol–water partition coefficient (Wildman–Crippen LogP) is 6.09. The number of amides is 1. The van der Waals surface area contributed by atoms with E-state index in [9.17, 15) is 14.7 Å². The van der Waals surface area contributed by atoms with Crippen LogP contribution in [0, 0.1) is 0 Å². The van der Waals surface area contributed by atoms with Crippen molar-refractivity contribution in [3.05, 3.63) is 87.9 Å². The van der Waals surface area contributed by atoms with Crippen molar-refractivity contribution in [3.63, 3.8) is 0 Å². The zero-order chi connectivity index (χ0) is 25.4. The Morgan fingerprint density at radius 2 is 1.83 bits per heavy atom. The maximum absolute atomic E-state index is 13.4. The maximum Gasteiger partial charge on any atom is 0.301 e. The highest BCUT2D eigenvalue weighted by Gasteiger charge is 2.48. The monoisotopic (exact) mass is 564 g/mol. The van der Waals surface area contributed by atoms with Gasteiger partial charge in [-0.05, 0) is 67.1 Å². The molecule has 1 fully saturated rings. The average Bonchev–Trinajstić information content (AvgIpc) is 3.42. The zero-order valence-corrected chi connectivity index (χ0v) is 21.8. The molecule has 0 saturated carbocycles. The lowest BCUT2D eigenvalue weighted by Crippen LogP contribution is -2.29. The van der Waals surface area contributed by atoms with E-state index >= 15 is 0 Å². The van der Waals surface area contributed by atoms with E-state index in [4.69, 9.17) is 9.47 Å². The normalized spacial score (nSPS) is 17.1. The number of hydrogen-bond donors (Lipinski definition) is 1. The first kappa shape index (κ1) is 24.0. The predicted molar refractivity (Wildman–Crippen MR) is 143 cm³/mol. The molecule has 1 aliphatic heterocycles. The fourth-order valence-electron chi connectivity index (χ4n) is 4.18. The molecule has 3 aromatic carbocycles. The molecule has 1 aromatic heterocycles. The lowest BCUT2D eigenvalue weighted by molar-refractivity contribution is -0.132. The Morgan fingerprint density at radius 1 is 1.08 bits per heavy atom. The Labute approximate surface area is 219 Å². The molecule has 1 amide bonds. The summed E-state index contributed by atoms with van der Waals surface area (Å²) >= 11 is 4.76. The number of nitrogens with zero attached hydrogens (tertiary/aromatic N) is 2. The van der Waals surface area contributed by atoms with Gasteiger partial charge >= 0.3 is 5.91 Å². The van der Waals surface area contributed by atoms with Gasteiger partial charge in [-0.15, -0.1) is 0 Å². The van der Waals surface area contributed by atoms with E-state index in [2.05, 4.69) is 20.9 Å². The number of ether oxygens (including phenoxy) is 2. The Balaban J connectivity index is 1.68. The standard InChI is InChI=1S/C27H21BrN2O5S/c1-3-35-18-9-7-15(8-10-18)24(31)22-23(16-5-4-6-17(28)13-16)30(26(33)25(22)32)27-29-20-12-11-19(34-2)14-21(20)36-27/h4-14,23,31H,3H2,1-2H3/b24-22+/t23-/m0/s1. The topological polar surface area (TPSA) is 89.0 Å². The number of carbonyl (C=O) groups excluding carboxylic acids is 2. The number of methoxy groups -OCH3 is 1. The van der Waals surface area contributed by atoms with Crippen LogP contribution in [0.15, 0.2) is 76.8 Å². The minimum atomic E-state index is -0.864. The number of aliphatic hydroxyl groups is 1. The number of ketones is 1. The fourth-order valence-corrected chi connectivity index (χ4v) is 5.61. The first-order valence-electron chi connectivity index (χ1n) is 11.2. The van der Waals surface area contributed by atoms with Gasteiger partial charge in [-0.3, -0.25) is 14.5 Å². The number of aliphatic hydroxyl groups excluding tert-OH is 1. The van der Waals surface area contributed by atoms with Crippen molar-refractivity contribution in [2.45, 2.75) is 13.0 Å². The van der Waals surface area contributed by atoms with Gasteiger partial charge in [-0.2, -0.15) is 0 Å². The third-order valence-electron chi connectivity index (χ3n) is 5.84. The molecule has 0 bridgehead atoms. The van der Waals surface area contributed by atoms with Crippen LogP contribution in [-0.4, -0.2) is 35.5 Å². The van der Waals surface area contributed by atoms with E-state index in [0.717, 1.165) is 9.17 Å². The number of Topliss-reactive ketones (excluding diaryl/α,β-unsaturated/α-hetero) is 1. The Morgan fingerprint density at radius 3 is 2.53 bits per heavy atom. The van der Waals surface area contributed by atoms with Crippen LogP contribution < -0.4 is 14.4 Å². The van der Waals surface area contributed by atoms with Crippen LogP contribution in [0.3, 0.4) is 0 Å². The highest BCUT2D eigenvalue weighted by atomic mass is 79.9. The van der Waals surface area contributed by atoms with E-state index in [1.54, 1.807) is 43.5 Å². The summed E-state index contributed by atoms with van der Waals surface area (Å²) in [6.07, 6.45) is 0. The second-order valence-electron chi connectivity index (χ2n) is 8.01. The molecule has 0 unspecified atom stereocenters. The van der Waals surface area contributed by atoms with Crippen LogP contribution in [0.4, 0.5) is 5.13 Å². The van der Waals surface area contributed by atoms with Crippen LogP contribution >= 0.6 is 27.3 Å². The van der Waals surface area contributed by atoms with Crippen molar-refractivity contribution in [3.8, 4) is 11.5 Å². The maximum atomic E-state index is 13.4. The number of carbonyl (C=O) groups is 2. The fraction of sp³-hybridized carbons (Fsp3) is 0.148. The first-order valence-corrected chi connectivity index (χ1v) is 12.8. The number of halogens is 1. The molecule has 1 N–H and O–H groups in total. The number of hydrogen-bond acceptors (Lipinski definition) is 7. The molecule has 7 nitrogen and oxygen atoms in total. The van der Waals surface area contributed by atoms with Crippen molar-refractivity contribution in [1.29, 1.82) is 0 Å². The Hall–Kier alpha value is -3.69. The smallest absolute Gasteiger partial charge is 0.301 e. The summed E-state index contributed by atoms with van der Waals surface area (Å²) in [5.74, 6) is -0.477. The average molecular weight is 565 g/mol. The van der Waals surface area contributed by atoms with Crippen molar-refractivity contribution >= 4 is 60.1 Å². The highest BCUT2D eigenvalue weighted by Crippen LogP contribution is 2.45. The van der Waals surface area contributed by atoms with Gasteiger partial charge in [0.1, 0.15) is 17.3 Å². The molecule has 0 radical (unpaired) electrons. The summed E-state index contributed by atoms with van der Waals surface area (Å²) in [6.45, 7) is 2.39. The van der Waals surface area contributed by atoms with Crippen LogP contribution in [0.25, 0.3) is 16.0 Å². The van der Waals surface area contributed by atoms with Gasteiger partial charge in [0.25, 0.3) is 5.78 Å². The molecular weight excluding hydrogens is 544 g/mol. The second-order valence-corrected chi connectivity index (χ2v) is 9.94. The summed E-state index contributed by atoms with van der Waals surface area (Å²) < 4.78 is 12.4. The van der Waals surface area contributed by atoms with Gasteiger partial charge in [-0.25, -0.2) is 4.98 Å². The summed E-state index contributed by atoms with van der Waals surface area (Å²) in [6, 6.07) is 18.6. The summed E-state index contributed by atoms with van der Waals surface area (Å²) in [5.41, 5.74) is 1.75. The molecule has 2 heterocycles. The molecule has 1 atom stereocenters. The summed E-state index contributed by atoms with van der Waals surface area (Å²) in [7, 11) is 1.58. The molecule has 4 aromatic rings. The number of rotatable bonds is 6. The van der Waals surface area contributed by atoms with E-state index in [1.807, 2.05) is 37.3 Å². The molecule has 182 valence electrons. The third kappa shape index (κ3) is 4.25. The van der Waals surface area contributed by atoms with E-state index in [-0.39, 0.29) is 11.3 Å². The van der Waals surface area contributed by atoms with E-state index in [1.165, 1.54) is 16.2 Å². The van der Waals surface area contributed by atoms with Crippen LogP contribution in [0.2, 0.25) is 0 Å². The molecule has 0 spiro atoms. The van der Waals surface area contributed by atoms with Gasteiger partial charge < -0.3 is 14.6 Å². The van der Waals surface area contributed by atoms with Crippen LogP contribution in [-0.2, 0) is 9.59 Å². The number of benzene rings is 3. The zero-order valence-electron chi connectivity index (χ0n) is 19.4. The summed E-state index contributed by atoms with van der Waals surface area (Å²) in [5, 5.41) is 11.7. The van der Waals surface area contributed by atoms with Gasteiger partial charge in [0.05, 0.1) is 35.5 Å². The quantitative estimate of drug-likeness (QED) is 0.173. The minimum absolute atomic E-state index is 0.000837. The van der Waals surface area contributed by atoms with Gasteiger partial charge in [0, 0.05) is 10.0 Å². The number of anilines is 1. The highest BCUT2D eigenvalue weighted by molar-refractivity contribution is 9.10.